The fourth-order valence-electron chi connectivity index (χ4n) is 2.71. The van der Waals surface area contributed by atoms with E-state index in [1.807, 2.05) is 19.9 Å². The fourth-order valence-corrected chi connectivity index (χ4v) is 2.71. The van der Waals surface area contributed by atoms with Crippen LogP contribution in [0.2, 0.25) is 0 Å². The van der Waals surface area contributed by atoms with Crippen molar-refractivity contribution in [2.24, 2.45) is 0 Å². The zero-order chi connectivity index (χ0) is 16.5. The zero-order valence-electron chi connectivity index (χ0n) is 13.4. The van der Waals surface area contributed by atoms with Gasteiger partial charge in [0.1, 0.15) is 11.8 Å². The number of amides is 3. The van der Waals surface area contributed by atoms with Crippen molar-refractivity contribution in [3.05, 3.63) is 23.5 Å². The molecule has 0 spiro atoms. The molecule has 0 unspecified atom stereocenters. The first-order valence-corrected chi connectivity index (χ1v) is 7.13. The van der Waals surface area contributed by atoms with Crippen molar-refractivity contribution in [3.63, 3.8) is 0 Å². The highest BCUT2D eigenvalue weighted by Crippen LogP contribution is 2.23. The summed E-state index contributed by atoms with van der Waals surface area (Å²) >= 11 is 0. The second kappa shape index (κ2) is 5.72. The number of urea groups is 1. The molecule has 2 rings (SSSR count). The minimum Gasteiger partial charge on any atom is -0.356 e. The lowest BCUT2D eigenvalue weighted by molar-refractivity contribution is 0.0237. The molecule has 0 saturated carbocycles. The molecular weight excluding hydrogens is 282 g/mol. The van der Waals surface area contributed by atoms with Gasteiger partial charge in [-0.3, -0.25) is 4.79 Å². The Morgan fingerprint density at radius 1 is 1.36 bits per heavy atom. The number of aromatic nitrogens is 1. The Morgan fingerprint density at radius 2 is 2.05 bits per heavy atom. The maximum Gasteiger partial charge on any atom is 0.319 e. The summed E-state index contributed by atoms with van der Waals surface area (Å²) in [7, 11) is 3.43. The number of aromatic amines is 1. The highest BCUT2D eigenvalue weighted by molar-refractivity contribution is 5.93. The number of carbonyl (C=O) groups is 2. The van der Waals surface area contributed by atoms with Crippen molar-refractivity contribution >= 4 is 11.9 Å². The maximum absolute atomic E-state index is 12.6. The average Bonchev–Trinajstić information content (AvgIpc) is 2.93. The first-order chi connectivity index (χ1) is 10.3. The number of H-pyrrole nitrogens is 1. The zero-order valence-corrected chi connectivity index (χ0v) is 13.4. The molecule has 1 aromatic rings. The largest absolute Gasteiger partial charge is 0.356 e. The van der Waals surface area contributed by atoms with Crippen LogP contribution in [0.3, 0.4) is 0 Å². The summed E-state index contributed by atoms with van der Waals surface area (Å²) in [6.07, 6.45) is 1.52. The molecule has 1 aliphatic rings. The van der Waals surface area contributed by atoms with Crippen molar-refractivity contribution in [1.29, 1.82) is 5.26 Å². The van der Waals surface area contributed by atoms with Gasteiger partial charge in [0.15, 0.2) is 0 Å². The van der Waals surface area contributed by atoms with Crippen molar-refractivity contribution in [2.75, 3.05) is 33.7 Å². The smallest absolute Gasteiger partial charge is 0.319 e. The van der Waals surface area contributed by atoms with Crippen molar-refractivity contribution in [3.8, 4) is 6.07 Å². The van der Waals surface area contributed by atoms with E-state index < -0.39 is 5.54 Å². The number of hydrogen-bond donors (Lipinski definition) is 1. The average molecular weight is 303 g/mol. The lowest BCUT2D eigenvalue weighted by Gasteiger charge is -2.47. The Labute approximate surface area is 130 Å². The van der Waals surface area contributed by atoms with E-state index in [1.165, 1.54) is 11.1 Å². The van der Waals surface area contributed by atoms with Gasteiger partial charge in [-0.2, -0.15) is 5.26 Å². The third kappa shape index (κ3) is 2.91. The minimum atomic E-state index is -0.473. The van der Waals surface area contributed by atoms with E-state index in [0.717, 1.165) is 0 Å². The number of hydrogen-bond acceptors (Lipinski definition) is 3. The summed E-state index contributed by atoms with van der Waals surface area (Å²) in [5.41, 5.74) is 0.360. The molecular formula is C15H21N5O2. The van der Waals surface area contributed by atoms with Crippen molar-refractivity contribution < 1.29 is 9.59 Å². The first kappa shape index (κ1) is 15.9. The van der Waals surface area contributed by atoms with Gasteiger partial charge in [-0.1, -0.05) is 0 Å². The normalized spacial score (nSPS) is 17.0. The molecule has 0 radical (unpaired) electrons. The minimum absolute atomic E-state index is 0.0492. The third-order valence-corrected chi connectivity index (χ3v) is 3.84. The van der Waals surface area contributed by atoms with Crippen LogP contribution >= 0.6 is 0 Å². The number of nitrogens with one attached hydrogen (secondary N) is 1. The van der Waals surface area contributed by atoms with Crippen LogP contribution in [-0.2, 0) is 0 Å². The van der Waals surface area contributed by atoms with Gasteiger partial charge in [0.05, 0.1) is 11.1 Å². The quantitative estimate of drug-likeness (QED) is 0.843. The van der Waals surface area contributed by atoms with Gasteiger partial charge in [0, 0.05) is 39.9 Å². The molecule has 3 amide bonds. The topological polar surface area (TPSA) is 83.4 Å². The number of piperazine rings is 1. The van der Waals surface area contributed by atoms with Gasteiger partial charge in [-0.25, -0.2) is 4.79 Å². The number of rotatable bonds is 1. The molecule has 1 N–H and O–H groups in total. The third-order valence-electron chi connectivity index (χ3n) is 3.84. The van der Waals surface area contributed by atoms with Crippen LogP contribution in [0.1, 0.15) is 29.9 Å². The molecule has 22 heavy (non-hydrogen) atoms. The second-order valence-corrected chi connectivity index (χ2v) is 6.28. The molecule has 0 atom stereocenters. The number of nitriles is 1. The first-order valence-electron chi connectivity index (χ1n) is 7.13. The van der Waals surface area contributed by atoms with E-state index in [9.17, 15) is 9.59 Å². The Balaban J connectivity index is 2.15. The summed E-state index contributed by atoms with van der Waals surface area (Å²) in [4.78, 5) is 32.6. The summed E-state index contributed by atoms with van der Waals surface area (Å²) in [6.45, 7) is 5.31. The van der Waals surface area contributed by atoms with Crippen molar-refractivity contribution in [1.82, 2.24) is 19.7 Å². The molecule has 1 fully saturated rings. The summed E-state index contributed by atoms with van der Waals surface area (Å²) < 4.78 is 0. The lowest BCUT2D eigenvalue weighted by atomic mass is 9.98. The molecule has 0 aliphatic carbocycles. The van der Waals surface area contributed by atoms with Gasteiger partial charge in [-0.15, -0.1) is 0 Å². The van der Waals surface area contributed by atoms with Gasteiger partial charge < -0.3 is 19.7 Å². The van der Waals surface area contributed by atoms with E-state index in [4.69, 9.17) is 5.26 Å². The molecule has 1 aliphatic heterocycles. The summed E-state index contributed by atoms with van der Waals surface area (Å²) in [5, 5.41) is 8.85. The summed E-state index contributed by atoms with van der Waals surface area (Å²) in [6, 6.07) is 3.50. The van der Waals surface area contributed by atoms with E-state index in [-0.39, 0.29) is 11.9 Å². The van der Waals surface area contributed by atoms with Gasteiger partial charge in [0.25, 0.3) is 5.91 Å². The molecule has 7 nitrogen and oxygen atoms in total. The van der Waals surface area contributed by atoms with Crippen molar-refractivity contribution in [2.45, 2.75) is 19.4 Å². The van der Waals surface area contributed by atoms with Crippen LogP contribution < -0.4 is 0 Å². The Hall–Kier alpha value is -2.49. The highest BCUT2D eigenvalue weighted by Gasteiger charge is 2.39. The van der Waals surface area contributed by atoms with Crippen LogP contribution in [0.25, 0.3) is 0 Å². The predicted octanol–water partition coefficient (Wildman–Crippen LogP) is 1.10. The van der Waals surface area contributed by atoms with Crippen LogP contribution in [0, 0.1) is 11.3 Å². The second-order valence-electron chi connectivity index (χ2n) is 6.28. The van der Waals surface area contributed by atoms with Crippen LogP contribution in [-0.4, -0.2) is 70.9 Å². The van der Waals surface area contributed by atoms with Gasteiger partial charge >= 0.3 is 6.03 Å². The van der Waals surface area contributed by atoms with Gasteiger partial charge in [-0.05, 0) is 19.9 Å². The molecule has 2 heterocycles. The molecule has 7 heteroatoms. The van der Waals surface area contributed by atoms with E-state index in [2.05, 4.69) is 4.98 Å². The lowest BCUT2D eigenvalue weighted by Crippen LogP contribution is -2.63. The highest BCUT2D eigenvalue weighted by atomic mass is 16.2. The predicted molar refractivity (Wildman–Crippen MR) is 81.3 cm³/mol. The monoisotopic (exact) mass is 303 g/mol. The number of nitrogens with zero attached hydrogens (tertiary/aromatic N) is 4. The Morgan fingerprint density at radius 3 is 2.55 bits per heavy atom. The van der Waals surface area contributed by atoms with E-state index >= 15 is 0 Å². The van der Waals surface area contributed by atoms with Crippen LogP contribution in [0.4, 0.5) is 4.79 Å². The van der Waals surface area contributed by atoms with Gasteiger partial charge in [0.2, 0.25) is 0 Å². The standard InChI is InChI=1S/C15H21N5O2/c1-15(2)10-19(14(22)18(3)4)5-6-20(15)13(21)12-7-11(8-16)9-17-12/h7,9,17H,5-6,10H2,1-4H3. The molecule has 118 valence electrons. The van der Waals surface area contributed by atoms with E-state index in [0.29, 0.717) is 30.9 Å². The Kier molecular flexibility index (Phi) is 4.13. The molecule has 0 aromatic carbocycles. The molecule has 1 saturated heterocycles. The molecule has 0 bridgehead atoms. The van der Waals surface area contributed by atoms with Crippen LogP contribution in [0.15, 0.2) is 12.3 Å². The number of carbonyl (C=O) groups excluding carboxylic acids is 2. The maximum atomic E-state index is 12.6. The fraction of sp³-hybridized carbons (Fsp3) is 0.533. The summed E-state index contributed by atoms with van der Waals surface area (Å²) in [5.74, 6) is -0.150. The van der Waals surface area contributed by atoms with E-state index in [1.54, 1.807) is 30.0 Å². The molecule has 1 aromatic heterocycles. The SMILES string of the molecule is CN(C)C(=O)N1CCN(C(=O)c2cc(C#N)c[nH]2)C(C)(C)C1. The Bertz CT molecular complexity index is 626. The van der Waals surface area contributed by atoms with Crippen LogP contribution in [0.5, 0.6) is 0 Å².